The lowest BCUT2D eigenvalue weighted by Crippen LogP contribution is -2.49. The van der Waals surface area contributed by atoms with Gasteiger partial charge in [0, 0.05) is 19.2 Å². The van der Waals surface area contributed by atoms with Crippen LogP contribution in [0.15, 0.2) is 134 Å². The van der Waals surface area contributed by atoms with Gasteiger partial charge in [-0.1, -0.05) is 121 Å². The van der Waals surface area contributed by atoms with Gasteiger partial charge in [-0.05, 0) is 43.0 Å². The minimum atomic E-state index is -1.07. The van der Waals surface area contributed by atoms with E-state index in [0.29, 0.717) is 5.69 Å². The van der Waals surface area contributed by atoms with Crippen molar-refractivity contribution in [3.63, 3.8) is 0 Å². The number of rotatable bonds is 14. The second-order valence-corrected chi connectivity index (χ2v) is 13.0. The molecule has 0 spiro atoms. The summed E-state index contributed by atoms with van der Waals surface area (Å²) in [7, 11) is 0. The molecule has 2 N–H and O–H groups in total. The van der Waals surface area contributed by atoms with Gasteiger partial charge in [0.1, 0.15) is 17.2 Å². The molecule has 0 saturated heterocycles. The number of carbonyl (C=O) groups excluding carboxylic acids is 2. The molecule has 9 nitrogen and oxygen atoms in total. The summed E-state index contributed by atoms with van der Waals surface area (Å²) in [5.74, 6) is -2.17. The van der Waals surface area contributed by atoms with Crippen LogP contribution in [-0.4, -0.2) is 62.1 Å². The number of aliphatic carboxylic acids is 1. The fraction of sp³-hybridized carbons (Fsp3) is 0.250. The van der Waals surface area contributed by atoms with Gasteiger partial charge in [-0.2, -0.15) is 0 Å². The van der Waals surface area contributed by atoms with Crippen LogP contribution in [0.4, 0.5) is 0 Å². The Hall–Kier alpha value is -5.54. The Labute approximate surface area is 287 Å². The first-order valence-electron chi connectivity index (χ1n) is 16.2. The van der Waals surface area contributed by atoms with E-state index >= 15 is 0 Å². The molecule has 252 valence electrons. The topological polar surface area (TPSA) is 114 Å². The smallest absolute Gasteiger partial charge is 0.329 e. The van der Waals surface area contributed by atoms with E-state index in [1.807, 2.05) is 95.7 Å². The number of benzene rings is 4. The molecule has 0 radical (unpaired) electrons. The van der Waals surface area contributed by atoms with E-state index < -0.39 is 35.0 Å². The molecular weight excluding hydrogens is 616 g/mol. The number of nitrogens with one attached hydrogen (secondary N) is 1. The summed E-state index contributed by atoms with van der Waals surface area (Å²) in [5.41, 5.74) is 2.89. The van der Waals surface area contributed by atoms with Crippen LogP contribution in [0.2, 0.25) is 0 Å². The molecule has 1 amide bonds. The van der Waals surface area contributed by atoms with Crippen LogP contribution in [0.1, 0.15) is 48.7 Å². The maximum atomic E-state index is 13.5. The summed E-state index contributed by atoms with van der Waals surface area (Å²) in [4.78, 5) is 44.9. The number of amides is 1. The number of nitrogens with zero attached hydrogens (tertiary/aromatic N) is 3. The Bertz CT molecular complexity index is 1720. The average Bonchev–Trinajstić information content (AvgIpc) is 3.54. The molecule has 1 heterocycles. The van der Waals surface area contributed by atoms with Crippen LogP contribution in [0, 0.1) is 0 Å². The molecule has 5 rings (SSSR count). The quantitative estimate of drug-likeness (QED) is 0.117. The van der Waals surface area contributed by atoms with Crippen molar-refractivity contribution in [3.8, 4) is 0 Å². The molecule has 49 heavy (non-hydrogen) atoms. The number of carboxylic acid groups (broad SMARTS) is 1. The minimum Gasteiger partial charge on any atom is -0.480 e. The number of aromatic nitrogens is 2. The Morgan fingerprint density at radius 2 is 1.27 bits per heavy atom. The van der Waals surface area contributed by atoms with Crippen LogP contribution >= 0.6 is 0 Å². The highest BCUT2D eigenvalue weighted by atomic mass is 16.6. The maximum Gasteiger partial charge on any atom is 0.329 e. The number of hydrogen-bond acceptors (Lipinski definition) is 6. The van der Waals surface area contributed by atoms with Crippen molar-refractivity contribution in [2.45, 2.75) is 50.9 Å². The van der Waals surface area contributed by atoms with Gasteiger partial charge in [0.05, 0.1) is 25.1 Å². The molecule has 0 fully saturated rings. The fourth-order valence-corrected chi connectivity index (χ4v) is 6.06. The Kier molecular flexibility index (Phi) is 11.1. The summed E-state index contributed by atoms with van der Waals surface area (Å²) in [5, 5.41) is 12.3. The van der Waals surface area contributed by atoms with Crippen LogP contribution in [0.5, 0.6) is 0 Å². The monoisotopic (exact) mass is 658 g/mol. The van der Waals surface area contributed by atoms with Gasteiger partial charge in [0.15, 0.2) is 0 Å². The van der Waals surface area contributed by atoms with Gasteiger partial charge < -0.3 is 19.7 Å². The van der Waals surface area contributed by atoms with Gasteiger partial charge in [-0.15, -0.1) is 0 Å². The molecule has 1 aromatic heterocycles. The van der Waals surface area contributed by atoms with E-state index in [1.54, 1.807) is 27.1 Å². The molecular formula is C40H42N4O5. The van der Waals surface area contributed by atoms with Crippen molar-refractivity contribution in [2.24, 2.45) is 0 Å². The molecule has 1 atom stereocenters. The highest BCUT2D eigenvalue weighted by Crippen LogP contribution is 2.40. The highest BCUT2D eigenvalue weighted by Gasteiger charge is 2.39. The SMILES string of the molecule is CC(C)(C)OC(=O)C(Cc1cn(C(c2ccccc2)(c2ccccc2)c2ccccc2)cn1)NC(=O)CN(CC(=O)O)Cc1ccccc1. The van der Waals surface area contributed by atoms with E-state index in [2.05, 4.69) is 41.7 Å². The lowest BCUT2D eigenvalue weighted by atomic mass is 9.77. The summed E-state index contributed by atoms with van der Waals surface area (Å²) >= 11 is 0. The van der Waals surface area contributed by atoms with Gasteiger partial charge in [-0.25, -0.2) is 9.78 Å². The average molecular weight is 659 g/mol. The summed E-state index contributed by atoms with van der Waals surface area (Å²) in [6, 6.07) is 38.7. The molecule has 0 aliphatic rings. The fourth-order valence-electron chi connectivity index (χ4n) is 6.06. The molecule has 0 bridgehead atoms. The Morgan fingerprint density at radius 1 is 0.776 bits per heavy atom. The second kappa shape index (κ2) is 15.6. The van der Waals surface area contributed by atoms with Crippen LogP contribution in [0.25, 0.3) is 0 Å². The summed E-state index contributed by atoms with van der Waals surface area (Å²) in [6.07, 6.45) is 3.72. The van der Waals surface area contributed by atoms with Crippen molar-refractivity contribution in [1.82, 2.24) is 19.8 Å². The van der Waals surface area contributed by atoms with Gasteiger partial charge >= 0.3 is 11.9 Å². The molecule has 0 saturated carbocycles. The van der Waals surface area contributed by atoms with E-state index in [9.17, 15) is 19.5 Å². The Morgan fingerprint density at radius 3 is 1.73 bits per heavy atom. The standard InChI is InChI=1S/C40H42N4O5/c1-39(2,3)49-38(48)35(42-36(45)27-43(28-37(46)47)25-30-16-8-4-9-17-30)24-34-26-44(29-41-34)40(31-18-10-5-11-19-31,32-20-12-6-13-21-32)33-22-14-7-15-23-33/h4-23,26,29,35H,24-25,27-28H2,1-3H3,(H,42,45)(H,46,47). The first-order valence-corrected chi connectivity index (χ1v) is 16.2. The normalized spacial score (nSPS) is 12.3. The summed E-state index contributed by atoms with van der Waals surface area (Å²) < 4.78 is 7.77. The van der Waals surface area contributed by atoms with E-state index in [1.165, 1.54) is 4.90 Å². The third-order valence-corrected chi connectivity index (χ3v) is 8.01. The number of ether oxygens (including phenoxy) is 1. The van der Waals surface area contributed by atoms with Crippen LogP contribution in [-0.2, 0) is 37.6 Å². The Balaban J connectivity index is 1.48. The third kappa shape index (κ3) is 8.88. The first kappa shape index (κ1) is 34.8. The molecule has 0 aliphatic heterocycles. The predicted octanol–water partition coefficient (Wildman–Crippen LogP) is 5.68. The zero-order valence-electron chi connectivity index (χ0n) is 28.0. The number of esters is 1. The minimum absolute atomic E-state index is 0.0553. The van der Waals surface area contributed by atoms with Crippen molar-refractivity contribution in [1.29, 1.82) is 0 Å². The van der Waals surface area contributed by atoms with Gasteiger partial charge in [-0.3, -0.25) is 14.5 Å². The third-order valence-electron chi connectivity index (χ3n) is 8.01. The number of carboxylic acids is 1. The van der Waals surface area contributed by atoms with Gasteiger partial charge in [0.2, 0.25) is 5.91 Å². The molecule has 4 aromatic carbocycles. The van der Waals surface area contributed by atoms with E-state index in [-0.39, 0.29) is 26.1 Å². The molecule has 5 aromatic rings. The molecule has 0 aliphatic carbocycles. The van der Waals surface area contributed by atoms with Crippen molar-refractivity contribution in [3.05, 3.63) is 162 Å². The number of hydrogen-bond donors (Lipinski definition) is 2. The predicted molar refractivity (Wildman–Crippen MR) is 188 cm³/mol. The largest absolute Gasteiger partial charge is 0.480 e. The van der Waals surface area contributed by atoms with E-state index in [0.717, 1.165) is 22.3 Å². The number of carbonyl (C=O) groups is 3. The lowest BCUT2D eigenvalue weighted by molar-refractivity contribution is -0.158. The first-order chi connectivity index (χ1) is 23.5. The molecule has 1 unspecified atom stereocenters. The molecule has 9 heteroatoms. The number of imidazole rings is 1. The van der Waals surface area contributed by atoms with E-state index in [4.69, 9.17) is 9.72 Å². The maximum absolute atomic E-state index is 13.5. The summed E-state index contributed by atoms with van der Waals surface area (Å²) in [6.45, 7) is 4.98. The zero-order valence-corrected chi connectivity index (χ0v) is 28.0. The van der Waals surface area contributed by atoms with Gasteiger partial charge in [0.25, 0.3) is 0 Å². The lowest BCUT2D eigenvalue weighted by Gasteiger charge is -2.37. The van der Waals surface area contributed by atoms with Crippen LogP contribution in [0.3, 0.4) is 0 Å². The van der Waals surface area contributed by atoms with Crippen LogP contribution < -0.4 is 5.32 Å². The van der Waals surface area contributed by atoms with Crippen molar-refractivity contribution < 1.29 is 24.2 Å². The zero-order chi connectivity index (χ0) is 34.9. The van der Waals surface area contributed by atoms with Crippen molar-refractivity contribution in [2.75, 3.05) is 13.1 Å². The highest BCUT2D eigenvalue weighted by molar-refractivity contribution is 5.86. The second-order valence-electron chi connectivity index (χ2n) is 13.0. The van der Waals surface area contributed by atoms with Crippen molar-refractivity contribution >= 4 is 17.8 Å².